The quantitative estimate of drug-likeness (QED) is 0.712. The van der Waals surface area contributed by atoms with E-state index in [4.69, 9.17) is 5.73 Å². The molecular formula is C11H9NO2. The van der Waals surface area contributed by atoms with E-state index in [2.05, 4.69) is 0 Å². The molecule has 2 aromatic rings. The SMILES string of the molecule is NC(=O)c1cccc2ccc(O)cc12. The van der Waals surface area contributed by atoms with Crippen molar-refractivity contribution in [3.05, 3.63) is 42.0 Å². The third-order valence-corrected chi connectivity index (χ3v) is 2.13. The number of carbonyl (C=O) groups is 1. The number of hydrogen-bond acceptors (Lipinski definition) is 2. The van der Waals surface area contributed by atoms with Crippen LogP contribution in [0.2, 0.25) is 0 Å². The molecule has 0 unspecified atom stereocenters. The molecule has 0 fully saturated rings. The maximum atomic E-state index is 11.1. The van der Waals surface area contributed by atoms with E-state index in [9.17, 15) is 9.90 Å². The Kier molecular flexibility index (Phi) is 1.85. The van der Waals surface area contributed by atoms with E-state index >= 15 is 0 Å². The van der Waals surface area contributed by atoms with Gasteiger partial charge in [0.25, 0.3) is 0 Å². The Morgan fingerprint density at radius 1 is 1.21 bits per heavy atom. The highest BCUT2D eigenvalue weighted by Crippen LogP contribution is 2.22. The summed E-state index contributed by atoms with van der Waals surface area (Å²) in [7, 11) is 0. The topological polar surface area (TPSA) is 63.3 Å². The van der Waals surface area contributed by atoms with Crippen LogP contribution in [0.4, 0.5) is 0 Å². The number of benzene rings is 2. The molecule has 3 nitrogen and oxygen atoms in total. The Labute approximate surface area is 80.8 Å². The van der Waals surface area contributed by atoms with Gasteiger partial charge < -0.3 is 10.8 Å². The fourth-order valence-corrected chi connectivity index (χ4v) is 1.48. The molecule has 0 aliphatic heterocycles. The van der Waals surface area contributed by atoms with Gasteiger partial charge in [-0.1, -0.05) is 18.2 Å². The molecule has 1 amide bonds. The summed E-state index contributed by atoms with van der Waals surface area (Å²) in [6.45, 7) is 0. The third kappa shape index (κ3) is 1.29. The van der Waals surface area contributed by atoms with Gasteiger partial charge in [0.1, 0.15) is 5.75 Å². The Morgan fingerprint density at radius 2 is 2.00 bits per heavy atom. The van der Waals surface area contributed by atoms with Crippen molar-refractivity contribution < 1.29 is 9.90 Å². The zero-order valence-electron chi connectivity index (χ0n) is 7.40. The van der Waals surface area contributed by atoms with E-state index in [-0.39, 0.29) is 5.75 Å². The zero-order chi connectivity index (χ0) is 10.1. The Hall–Kier alpha value is -2.03. The Morgan fingerprint density at radius 3 is 2.71 bits per heavy atom. The second-order valence-corrected chi connectivity index (χ2v) is 3.08. The molecule has 2 rings (SSSR count). The molecule has 0 aliphatic carbocycles. The van der Waals surface area contributed by atoms with Crippen molar-refractivity contribution >= 4 is 16.7 Å². The lowest BCUT2D eigenvalue weighted by Gasteiger charge is -2.02. The van der Waals surface area contributed by atoms with Crippen LogP contribution < -0.4 is 5.73 Å². The highest BCUT2D eigenvalue weighted by Gasteiger charge is 2.05. The van der Waals surface area contributed by atoms with Crippen molar-refractivity contribution in [2.45, 2.75) is 0 Å². The van der Waals surface area contributed by atoms with E-state index in [1.807, 2.05) is 6.07 Å². The average molecular weight is 187 g/mol. The smallest absolute Gasteiger partial charge is 0.249 e. The summed E-state index contributed by atoms with van der Waals surface area (Å²) in [5, 5.41) is 10.9. The molecule has 3 N–H and O–H groups in total. The molecule has 0 atom stereocenters. The molecule has 0 saturated carbocycles. The molecule has 2 aromatic carbocycles. The van der Waals surface area contributed by atoms with Crippen molar-refractivity contribution in [3.8, 4) is 5.75 Å². The van der Waals surface area contributed by atoms with Crippen molar-refractivity contribution in [3.63, 3.8) is 0 Å². The summed E-state index contributed by atoms with van der Waals surface area (Å²) in [5.74, 6) is -0.354. The standard InChI is InChI=1S/C11H9NO2/c12-11(14)9-3-1-2-7-4-5-8(13)6-10(7)9/h1-6,13H,(H2,12,14). The van der Waals surface area contributed by atoms with E-state index < -0.39 is 5.91 Å². The van der Waals surface area contributed by atoms with Crippen molar-refractivity contribution in [2.75, 3.05) is 0 Å². The molecule has 0 aliphatic rings. The third-order valence-electron chi connectivity index (χ3n) is 2.13. The number of rotatable bonds is 1. The van der Waals surface area contributed by atoms with Gasteiger partial charge in [0.2, 0.25) is 5.91 Å². The molecule has 3 heteroatoms. The number of fused-ring (bicyclic) bond motifs is 1. The predicted molar refractivity (Wildman–Crippen MR) is 54.1 cm³/mol. The molecular weight excluding hydrogens is 178 g/mol. The van der Waals surface area contributed by atoms with Crippen LogP contribution in [0.1, 0.15) is 10.4 Å². The van der Waals surface area contributed by atoms with E-state index in [1.165, 1.54) is 6.07 Å². The van der Waals surface area contributed by atoms with Gasteiger partial charge in [0.15, 0.2) is 0 Å². The first kappa shape index (κ1) is 8.56. The van der Waals surface area contributed by atoms with Gasteiger partial charge in [-0.2, -0.15) is 0 Å². The van der Waals surface area contributed by atoms with Crippen LogP contribution in [0.15, 0.2) is 36.4 Å². The van der Waals surface area contributed by atoms with Gasteiger partial charge >= 0.3 is 0 Å². The van der Waals surface area contributed by atoms with Crippen LogP contribution in [0, 0.1) is 0 Å². The number of phenolic OH excluding ortho intramolecular Hbond substituents is 1. The number of hydrogen-bond donors (Lipinski definition) is 2. The minimum absolute atomic E-state index is 0.131. The highest BCUT2D eigenvalue weighted by molar-refractivity contribution is 6.06. The average Bonchev–Trinajstić information content (AvgIpc) is 2.16. The normalized spacial score (nSPS) is 10.3. The first-order valence-corrected chi connectivity index (χ1v) is 4.20. The minimum atomic E-state index is -0.485. The van der Waals surface area contributed by atoms with Gasteiger partial charge in [-0.25, -0.2) is 0 Å². The van der Waals surface area contributed by atoms with Crippen LogP contribution in [0.5, 0.6) is 5.75 Å². The van der Waals surface area contributed by atoms with Crippen LogP contribution in [-0.4, -0.2) is 11.0 Å². The van der Waals surface area contributed by atoms with Gasteiger partial charge in [-0.3, -0.25) is 4.79 Å². The van der Waals surface area contributed by atoms with Crippen LogP contribution in [-0.2, 0) is 0 Å². The summed E-state index contributed by atoms with van der Waals surface area (Å²) in [5.41, 5.74) is 5.64. The molecule has 0 spiro atoms. The maximum absolute atomic E-state index is 11.1. The van der Waals surface area contributed by atoms with Crippen LogP contribution in [0.25, 0.3) is 10.8 Å². The lowest BCUT2D eigenvalue weighted by Crippen LogP contribution is -2.11. The molecule has 0 bridgehead atoms. The van der Waals surface area contributed by atoms with Crippen LogP contribution in [0.3, 0.4) is 0 Å². The number of carbonyl (C=O) groups excluding carboxylic acids is 1. The molecule has 0 saturated heterocycles. The lowest BCUT2D eigenvalue weighted by molar-refractivity contribution is 0.100. The van der Waals surface area contributed by atoms with E-state index in [0.717, 1.165) is 5.39 Å². The molecule has 0 radical (unpaired) electrons. The van der Waals surface area contributed by atoms with Crippen molar-refractivity contribution in [1.29, 1.82) is 0 Å². The van der Waals surface area contributed by atoms with Gasteiger partial charge in [-0.15, -0.1) is 0 Å². The van der Waals surface area contributed by atoms with Crippen LogP contribution >= 0.6 is 0 Å². The first-order valence-electron chi connectivity index (χ1n) is 4.20. The molecule has 0 heterocycles. The van der Waals surface area contributed by atoms with Gasteiger partial charge in [0.05, 0.1) is 0 Å². The van der Waals surface area contributed by atoms with Crippen molar-refractivity contribution in [2.24, 2.45) is 5.73 Å². The van der Waals surface area contributed by atoms with Gasteiger partial charge in [0, 0.05) is 5.56 Å². The number of aromatic hydroxyl groups is 1. The van der Waals surface area contributed by atoms with Gasteiger partial charge in [-0.05, 0) is 29.0 Å². The second kappa shape index (κ2) is 3.03. The largest absolute Gasteiger partial charge is 0.508 e. The summed E-state index contributed by atoms with van der Waals surface area (Å²) >= 11 is 0. The van der Waals surface area contributed by atoms with E-state index in [0.29, 0.717) is 10.9 Å². The Bertz CT molecular complexity index is 506. The summed E-state index contributed by atoms with van der Waals surface area (Å²) in [6.07, 6.45) is 0. The maximum Gasteiger partial charge on any atom is 0.249 e. The lowest BCUT2D eigenvalue weighted by atomic mass is 10.0. The monoisotopic (exact) mass is 187 g/mol. The number of primary amides is 1. The first-order chi connectivity index (χ1) is 6.68. The predicted octanol–water partition coefficient (Wildman–Crippen LogP) is 1.64. The molecule has 0 aromatic heterocycles. The van der Waals surface area contributed by atoms with E-state index in [1.54, 1.807) is 24.3 Å². The minimum Gasteiger partial charge on any atom is -0.508 e. The highest BCUT2D eigenvalue weighted by atomic mass is 16.3. The number of nitrogens with two attached hydrogens (primary N) is 1. The summed E-state index contributed by atoms with van der Waals surface area (Å²) < 4.78 is 0. The summed E-state index contributed by atoms with van der Waals surface area (Å²) in [6, 6.07) is 10.1. The zero-order valence-corrected chi connectivity index (χ0v) is 7.40. The number of amides is 1. The number of phenols is 1. The summed E-state index contributed by atoms with van der Waals surface area (Å²) in [4.78, 5) is 11.1. The fraction of sp³-hybridized carbons (Fsp3) is 0. The molecule has 70 valence electrons. The van der Waals surface area contributed by atoms with Crippen molar-refractivity contribution in [1.82, 2.24) is 0 Å². The molecule has 14 heavy (non-hydrogen) atoms. The Balaban J connectivity index is 2.84. The second-order valence-electron chi connectivity index (χ2n) is 3.08. The fourth-order valence-electron chi connectivity index (χ4n) is 1.48.